The molecule has 0 aliphatic heterocycles. The number of hydrogen-bond donors (Lipinski definition) is 2. The Balaban J connectivity index is 1.71. The first-order valence-electron chi connectivity index (χ1n) is 9.49. The molecular weight excluding hydrogens is 444 g/mol. The maximum absolute atomic E-state index is 12.7. The Morgan fingerprint density at radius 2 is 1.88 bits per heavy atom. The van der Waals surface area contributed by atoms with E-state index in [0.29, 0.717) is 16.9 Å². The molecule has 1 aromatic carbocycles. The van der Waals surface area contributed by atoms with Crippen LogP contribution >= 0.6 is 0 Å². The van der Waals surface area contributed by atoms with Gasteiger partial charge < -0.3 is 5.32 Å². The van der Waals surface area contributed by atoms with Crippen LogP contribution in [0.2, 0.25) is 0 Å². The van der Waals surface area contributed by atoms with Crippen molar-refractivity contribution >= 4 is 33.0 Å². The second-order valence-electron chi connectivity index (χ2n) is 6.90. The number of nitrogens with two attached hydrogens (primary N) is 1. The number of Topliss-reactive ketones (excluding diaryl/α,β-unsaturated/α-hetero) is 1. The Labute approximate surface area is 188 Å². The molecule has 0 spiro atoms. The van der Waals surface area contributed by atoms with Crippen LogP contribution in [0.1, 0.15) is 39.2 Å². The van der Waals surface area contributed by atoms with Crippen LogP contribution < -0.4 is 10.5 Å². The number of pyridine rings is 2. The summed E-state index contributed by atoms with van der Waals surface area (Å²) in [5.74, 6) is 4.96. The van der Waals surface area contributed by atoms with E-state index in [1.54, 1.807) is 47.0 Å². The fourth-order valence-corrected chi connectivity index (χ4v) is 3.57. The van der Waals surface area contributed by atoms with Gasteiger partial charge in [0.05, 0.1) is 0 Å². The van der Waals surface area contributed by atoms with Gasteiger partial charge in [-0.3, -0.25) is 14.0 Å². The first-order valence-corrected chi connectivity index (χ1v) is 11.0. The fourth-order valence-electron chi connectivity index (χ4n) is 2.95. The largest absolute Gasteiger partial charge is 0.321 e. The van der Waals surface area contributed by atoms with E-state index in [9.17, 15) is 18.0 Å². The highest BCUT2D eigenvalue weighted by Crippen LogP contribution is 2.16. The molecule has 11 heteroatoms. The predicted octanol–water partition coefficient (Wildman–Crippen LogP) is 1.63. The monoisotopic (exact) mass is 460 g/mol. The minimum atomic E-state index is -4.16. The smallest absolute Gasteiger partial charge is 0.274 e. The van der Waals surface area contributed by atoms with Crippen molar-refractivity contribution in [1.82, 2.24) is 19.6 Å². The number of sulfonamides is 1. The Morgan fingerprint density at radius 3 is 2.64 bits per heavy atom. The molecule has 3 N–H and O–H groups in total. The third-order valence-corrected chi connectivity index (χ3v) is 5.49. The average molecular weight is 460 g/mol. The zero-order chi connectivity index (χ0) is 23.6. The number of amides is 1. The minimum absolute atomic E-state index is 0.0252. The summed E-state index contributed by atoms with van der Waals surface area (Å²) in [5.41, 5.74) is 1.26. The van der Waals surface area contributed by atoms with Crippen molar-refractivity contribution in [3.8, 4) is 11.8 Å². The van der Waals surface area contributed by atoms with Crippen molar-refractivity contribution in [2.75, 3.05) is 5.32 Å². The highest BCUT2D eigenvalue weighted by molar-refractivity contribution is 7.89. The Kier molecular flexibility index (Phi) is 5.70. The quantitative estimate of drug-likeness (QED) is 0.347. The van der Waals surface area contributed by atoms with Gasteiger partial charge in [-0.1, -0.05) is 24.1 Å². The molecule has 0 saturated heterocycles. The first kappa shape index (κ1) is 21.8. The van der Waals surface area contributed by atoms with E-state index in [-0.39, 0.29) is 27.8 Å². The molecule has 164 valence electrons. The van der Waals surface area contributed by atoms with E-state index in [1.165, 1.54) is 19.1 Å². The summed E-state index contributed by atoms with van der Waals surface area (Å²) in [6.45, 7) is 1.41. The number of nitrogens with one attached hydrogen (secondary N) is 1. The van der Waals surface area contributed by atoms with Crippen molar-refractivity contribution in [2.24, 2.45) is 5.14 Å². The van der Waals surface area contributed by atoms with Crippen molar-refractivity contribution in [3.63, 3.8) is 0 Å². The summed E-state index contributed by atoms with van der Waals surface area (Å²) >= 11 is 0. The van der Waals surface area contributed by atoms with Crippen LogP contribution in [-0.4, -0.2) is 39.7 Å². The molecule has 4 aromatic rings. The van der Waals surface area contributed by atoms with Gasteiger partial charge in [-0.25, -0.2) is 18.5 Å². The second kappa shape index (κ2) is 8.62. The SMILES string of the molecule is CC(=O)c1cccc(NC(=O)c2cc(C#Cc3nnc4ccccn34)c(S(N)(=O)=O)cn2)c1. The van der Waals surface area contributed by atoms with Gasteiger partial charge in [-0.2, -0.15) is 0 Å². The molecule has 1 amide bonds. The number of aromatic nitrogens is 4. The highest BCUT2D eigenvalue weighted by atomic mass is 32.2. The van der Waals surface area contributed by atoms with E-state index in [2.05, 4.69) is 32.3 Å². The summed E-state index contributed by atoms with van der Waals surface area (Å²) in [5, 5.41) is 15.9. The molecular formula is C22H16N6O4S. The number of fused-ring (bicyclic) bond motifs is 1. The molecule has 4 rings (SSSR count). The van der Waals surface area contributed by atoms with Crippen molar-refractivity contribution in [3.05, 3.63) is 83.6 Å². The lowest BCUT2D eigenvalue weighted by Crippen LogP contribution is -2.18. The number of anilines is 1. The van der Waals surface area contributed by atoms with E-state index in [0.717, 1.165) is 6.20 Å². The Hall–Kier alpha value is -4.40. The molecule has 0 bridgehead atoms. The molecule has 0 aliphatic rings. The Bertz CT molecular complexity index is 1580. The molecule has 0 radical (unpaired) electrons. The summed E-state index contributed by atoms with van der Waals surface area (Å²) in [6.07, 6.45) is 2.68. The standard InChI is InChI=1S/C22H16N6O4S/c1-14(29)15-5-4-6-17(11-15)25-22(30)18-12-16(19(13-24-18)33(23,31)32)8-9-21-27-26-20-7-2-3-10-28(20)21/h2-7,10-13H,1H3,(H,25,30)(H2,23,31,32). The number of carbonyl (C=O) groups excluding carboxylic acids is 2. The predicted molar refractivity (Wildman–Crippen MR) is 119 cm³/mol. The van der Waals surface area contributed by atoms with Gasteiger partial charge in [-0.15, -0.1) is 10.2 Å². The van der Waals surface area contributed by atoms with E-state index < -0.39 is 15.9 Å². The molecule has 0 saturated carbocycles. The number of primary sulfonamides is 1. The van der Waals surface area contributed by atoms with Gasteiger partial charge in [0, 0.05) is 29.2 Å². The number of carbonyl (C=O) groups is 2. The lowest BCUT2D eigenvalue weighted by molar-refractivity contribution is 0.100. The van der Waals surface area contributed by atoms with Crippen LogP contribution in [0.3, 0.4) is 0 Å². The highest BCUT2D eigenvalue weighted by Gasteiger charge is 2.18. The van der Waals surface area contributed by atoms with Gasteiger partial charge in [-0.05, 0) is 43.2 Å². The molecule has 0 aliphatic carbocycles. The zero-order valence-corrected chi connectivity index (χ0v) is 18.0. The van der Waals surface area contributed by atoms with Crippen LogP contribution in [0.25, 0.3) is 5.65 Å². The summed E-state index contributed by atoms with van der Waals surface area (Å²) in [6, 6.07) is 12.9. The maximum Gasteiger partial charge on any atom is 0.274 e. The topological polar surface area (TPSA) is 149 Å². The van der Waals surface area contributed by atoms with Crippen LogP contribution in [0.4, 0.5) is 5.69 Å². The van der Waals surface area contributed by atoms with Crippen LogP contribution in [0.5, 0.6) is 0 Å². The third-order valence-electron chi connectivity index (χ3n) is 4.56. The molecule has 0 fully saturated rings. The molecule has 3 aromatic heterocycles. The van der Waals surface area contributed by atoms with E-state index in [4.69, 9.17) is 5.14 Å². The van der Waals surface area contributed by atoms with Gasteiger partial charge >= 0.3 is 0 Å². The van der Waals surface area contributed by atoms with Gasteiger partial charge in [0.1, 0.15) is 10.6 Å². The van der Waals surface area contributed by atoms with E-state index in [1.807, 2.05) is 0 Å². The second-order valence-corrected chi connectivity index (χ2v) is 8.43. The fraction of sp³-hybridized carbons (Fsp3) is 0.0455. The molecule has 10 nitrogen and oxygen atoms in total. The van der Waals surface area contributed by atoms with Gasteiger partial charge in [0.2, 0.25) is 15.8 Å². The van der Waals surface area contributed by atoms with Crippen molar-refractivity contribution < 1.29 is 18.0 Å². The molecule has 0 unspecified atom stereocenters. The third kappa shape index (κ3) is 4.77. The zero-order valence-electron chi connectivity index (χ0n) is 17.2. The first-order chi connectivity index (χ1) is 15.7. The number of rotatable bonds is 4. The lowest BCUT2D eigenvalue weighted by Gasteiger charge is -2.08. The normalized spacial score (nSPS) is 11.0. The molecule has 0 atom stereocenters. The number of hydrogen-bond acceptors (Lipinski definition) is 7. The summed E-state index contributed by atoms with van der Waals surface area (Å²) in [7, 11) is -4.16. The van der Waals surface area contributed by atoms with E-state index >= 15 is 0 Å². The molecule has 33 heavy (non-hydrogen) atoms. The Morgan fingerprint density at radius 1 is 1.06 bits per heavy atom. The van der Waals surface area contributed by atoms with Crippen molar-refractivity contribution in [1.29, 1.82) is 0 Å². The van der Waals surface area contributed by atoms with Crippen molar-refractivity contribution in [2.45, 2.75) is 11.8 Å². The molecule has 3 heterocycles. The van der Waals surface area contributed by atoms with Gasteiger partial charge in [0.15, 0.2) is 11.4 Å². The van der Waals surface area contributed by atoms with Crippen LogP contribution in [0, 0.1) is 11.8 Å². The van der Waals surface area contributed by atoms with Crippen LogP contribution in [0.15, 0.2) is 65.8 Å². The summed E-state index contributed by atoms with van der Waals surface area (Å²) < 4.78 is 25.6. The van der Waals surface area contributed by atoms with Gasteiger partial charge in [0.25, 0.3) is 5.91 Å². The maximum atomic E-state index is 12.7. The minimum Gasteiger partial charge on any atom is -0.321 e. The number of ketones is 1. The van der Waals surface area contributed by atoms with Crippen LogP contribution in [-0.2, 0) is 10.0 Å². The summed E-state index contributed by atoms with van der Waals surface area (Å²) in [4.78, 5) is 27.8. The average Bonchev–Trinajstić information content (AvgIpc) is 3.20. The number of nitrogens with zero attached hydrogens (tertiary/aromatic N) is 4. The lowest BCUT2D eigenvalue weighted by atomic mass is 10.1. The number of benzene rings is 1.